The number of carboxylic acids is 2. The van der Waals surface area contributed by atoms with Crippen molar-refractivity contribution in [3.8, 4) is 0 Å². The molecule has 1 fully saturated rings. The lowest BCUT2D eigenvalue weighted by Crippen LogP contribution is -2.58. The van der Waals surface area contributed by atoms with Crippen molar-refractivity contribution in [2.75, 3.05) is 6.54 Å². The molecule has 0 saturated carbocycles. The van der Waals surface area contributed by atoms with E-state index >= 15 is 0 Å². The summed E-state index contributed by atoms with van der Waals surface area (Å²) in [5.74, 6) is -6.05. The van der Waals surface area contributed by atoms with Crippen molar-refractivity contribution in [3.63, 3.8) is 0 Å². The highest BCUT2D eigenvalue weighted by molar-refractivity contribution is 5.95. The highest BCUT2D eigenvalue weighted by Crippen LogP contribution is 2.12. The summed E-state index contributed by atoms with van der Waals surface area (Å²) in [4.78, 5) is 71.5. The fourth-order valence-electron chi connectivity index (χ4n) is 3.34. The number of aliphatic carboxylic acids is 2. The van der Waals surface area contributed by atoms with Crippen molar-refractivity contribution in [3.05, 3.63) is 0 Å². The fourth-order valence-corrected chi connectivity index (χ4v) is 3.34. The number of amides is 4. The van der Waals surface area contributed by atoms with E-state index in [1.54, 1.807) is 6.92 Å². The third-order valence-electron chi connectivity index (χ3n) is 5.47. The SMILES string of the molecule is CCC(C)C(NC(=O)C1CCCN1)C(=O)NC(CCC(=O)O)C(=O)NC(CC(N)=O)C(=O)O. The first kappa shape index (κ1) is 27.8. The summed E-state index contributed by atoms with van der Waals surface area (Å²) in [6, 6.07) is -4.47. The predicted octanol–water partition coefficient (Wildman–Crippen LogP) is -1.94. The molecule has 1 rings (SSSR count). The van der Waals surface area contributed by atoms with Gasteiger partial charge in [-0.25, -0.2) is 4.79 Å². The third kappa shape index (κ3) is 9.43. The van der Waals surface area contributed by atoms with Crippen LogP contribution in [0.15, 0.2) is 0 Å². The van der Waals surface area contributed by atoms with E-state index in [0.717, 1.165) is 6.42 Å². The fraction of sp³-hybridized carbons (Fsp3) is 0.700. The molecule has 4 amide bonds. The topological polar surface area (TPSA) is 217 Å². The average Bonchev–Trinajstić information content (AvgIpc) is 3.28. The largest absolute Gasteiger partial charge is 0.481 e. The minimum Gasteiger partial charge on any atom is -0.481 e. The number of primary amides is 1. The molecule has 0 radical (unpaired) electrons. The van der Waals surface area contributed by atoms with Crippen LogP contribution in [0.25, 0.3) is 0 Å². The molecular formula is C20H33N5O8. The van der Waals surface area contributed by atoms with E-state index in [4.69, 9.17) is 10.8 Å². The first-order valence-corrected chi connectivity index (χ1v) is 10.8. The van der Waals surface area contributed by atoms with Gasteiger partial charge in [0.15, 0.2) is 0 Å². The van der Waals surface area contributed by atoms with E-state index in [2.05, 4.69) is 21.3 Å². The summed E-state index contributed by atoms with van der Waals surface area (Å²) in [7, 11) is 0. The number of hydrogen-bond acceptors (Lipinski definition) is 7. The highest BCUT2D eigenvalue weighted by atomic mass is 16.4. The quantitative estimate of drug-likeness (QED) is 0.150. The minimum atomic E-state index is -1.64. The number of carboxylic acid groups (broad SMARTS) is 2. The van der Waals surface area contributed by atoms with Gasteiger partial charge in [-0.2, -0.15) is 0 Å². The van der Waals surface area contributed by atoms with Gasteiger partial charge in [-0.15, -0.1) is 0 Å². The first-order chi connectivity index (χ1) is 15.5. The molecule has 1 aliphatic rings. The first-order valence-electron chi connectivity index (χ1n) is 10.8. The summed E-state index contributed by atoms with van der Waals surface area (Å²) >= 11 is 0. The van der Waals surface area contributed by atoms with E-state index in [-0.39, 0.29) is 18.2 Å². The Morgan fingerprint density at radius 2 is 1.67 bits per heavy atom. The molecule has 1 saturated heterocycles. The van der Waals surface area contributed by atoms with Gasteiger partial charge in [0.25, 0.3) is 0 Å². The summed E-state index contributed by atoms with van der Waals surface area (Å²) in [6.07, 6.45) is 0.481. The van der Waals surface area contributed by atoms with Gasteiger partial charge in [0.1, 0.15) is 18.1 Å². The van der Waals surface area contributed by atoms with Crippen molar-refractivity contribution in [2.45, 2.75) is 76.5 Å². The van der Waals surface area contributed by atoms with Crippen molar-refractivity contribution in [1.29, 1.82) is 0 Å². The summed E-state index contributed by atoms with van der Waals surface area (Å²) < 4.78 is 0. The number of carbonyl (C=O) groups excluding carboxylic acids is 4. The normalized spacial score (nSPS) is 18.9. The van der Waals surface area contributed by atoms with Crippen molar-refractivity contribution in [2.24, 2.45) is 11.7 Å². The van der Waals surface area contributed by atoms with Crippen molar-refractivity contribution >= 4 is 35.6 Å². The third-order valence-corrected chi connectivity index (χ3v) is 5.47. The Morgan fingerprint density at radius 3 is 2.15 bits per heavy atom. The molecule has 8 N–H and O–H groups in total. The van der Waals surface area contributed by atoms with Gasteiger partial charge < -0.3 is 37.2 Å². The Morgan fingerprint density at radius 1 is 1.03 bits per heavy atom. The molecule has 186 valence electrons. The maximum Gasteiger partial charge on any atom is 0.326 e. The second-order valence-electron chi connectivity index (χ2n) is 8.08. The van der Waals surface area contributed by atoms with Gasteiger partial charge in [0.2, 0.25) is 23.6 Å². The van der Waals surface area contributed by atoms with Gasteiger partial charge >= 0.3 is 11.9 Å². The molecular weight excluding hydrogens is 438 g/mol. The van der Waals surface area contributed by atoms with Gasteiger partial charge in [-0.1, -0.05) is 20.3 Å². The molecule has 0 aromatic heterocycles. The van der Waals surface area contributed by atoms with Crippen LogP contribution in [0, 0.1) is 5.92 Å². The molecule has 33 heavy (non-hydrogen) atoms. The molecule has 13 nitrogen and oxygen atoms in total. The molecule has 1 heterocycles. The Balaban J connectivity index is 2.98. The number of nitrogens with two attached hydrogens (primary N) is 1. The molecule has 1 aliphatic heterocycles. The van der Waals surface area contributed by atoms with E-state index in [0.29, 0.717) is 19.4 Å². The molecule has 0 aromatic rings. The minimum absolute atomic E-state index is 0.305. The predicted molar refractivity (Wildman–Crippen MR) is 115 cm³/mol. The Bertz CT molecular complexity index is 753. The van der Waals surface area contributed by atoms with Gasteiger partial charge in [-0.05, 0) is 31.7 Å². The second-order valence-corrected chi connectivity index (χ2v) is 8.08. The summed E-state index contributed by atoms with van der Waals surface area (Å²) in [5.41, 5.74) is 5.00. The number of hydrogen-bond donors (Lipinski definition) is 7. The smallest absolute Gasteiger partial charge is 0.326 e. The molecule has 0 bridgehead atoms. The van der Waals surface area contributed by atoms with Crippen LogP contribution in [0.5, 0.6) is 0 Å². The van der Waals surface area contributed by atoms with Crippen LogP contribution in [0.2, 0.25) is 0 Å². The van der Waals surface area contributed by atoms with Crippen molar-refractivity contribution < 1.29 is 39.0 Å². The summed E-state index contributed by atoms with van der Waals surface area (Å²) in [6.45, 7) is 4.25. The number of rotatable bonds is 14. The van der Waals surface area contributed by atoms with E-state index in [9.17, 15) is 33.9 Å². The number of carbonyl (C=O) groups is 6. The van der Waals surface area contributed by atoms with E-state index in [1.165, 1.54) is 0 Å². The highest BCUT2D eigenvalue weighted by Gasteiger charge is 2.33. The zero-order chi connectivity index (χ0) is 25.1. The van der Waals surface area contributed by atoms with Crippen LogP contribution in [-0.4, -0.2) is 76.5 Å². The van der Waals surface area contributed by atoms with E-state index in [1.807, 2.05) is 6.92 Å². The van der Waals surface area contributed by atoms with Gasteiger partial charge in [0.05, 0.1) is 12.5 Å². The molecule has 0 spiro atoms. The second kappa shape index (κ2) is 13.4. The lowest BCUT2D eigenvalue weighted by Gasteiger charge is -2.27. The molecule has 5 unspecified atom stereocenters. The van der Waals surface area contributed by atoms with Crippen LogP contribution >= 0.6 is 0 Å². The maximum atomic E-state index is 13.0. The van der Waals surface area contributed by atoms with E-state index < -0.39 is 66.7 Å². The zero-order valence-electron chi connectivity index (χ0n) is 18.8. The molecule has 0 aliphatic carbocycles. The summed E-state index contributed by atoms with van der Waals surface area (Å²) in [5, 5.41) is 28.4. The Hall–Kier alpha value is -3.22. The molecule has 0 aromatic carbocycles. The van der Waals surface area contributed by atoms with Gasteiger partial charge in [0, 0.05) is 6.42 Å². The lowest BCUT2D eigenvalue weighted by atomic mass is 9.97. The number of nitrogens with one attached hydrogen (secondary N) is 4. The standard InChI is InChI=1S/C20H33N5O8/c1-3-10(2)16(25-17(29)11-5-4-8-22-11)19(31)23-12(6-7-15(27)28)18(30)24-13(20(32)33)9-14(21)26/h10-13,16,22H,3-9H2,1-2H3,(H2,21,26)(H,23,31)(H,24,30)(H,25,29)(H,27,28)(H,32,33). The maximum absolute atomic E-state index is 13.0. The monoisotopic (exact) mass is 471 g/mol. The van der Waals surface area contributed by atoms with Gasteiger partial charge in [-0.3, -0.25) is 24.0 Å². The Labute approximate surface area is 191 Å². The zero-order valence-corrected chi connectivity index (χ0v) is 18.8. The van der Waals surface area contributed by atoms with Crippen LogP contribution in [0.1, 0.15) is 52.4 Å². The average molecular weight is 472 g/mol. The molecule has 13 heteroatoms. The van der Waals surface area contributed by atoms with Crippen LogP contribution in [-0.2, 0) is 28.8 Å². The van der Waals surface area contributed by atoms with Crippen LogP contribution in [0.4, 0.5) is 0 Å². The van der Waals surface area contributed by atoms with Crippen molar-refractivity contribution in [1.82, 2.24) is 21.3 Å². The lowest BCUT2D eigenvalue weighted by molar-refractivity contribution is -0.144. The van der Waals surface area contributed by atoms with Crippen LogP contribution in [0.3, 0.4) is 0 Å². The molecule has 5 atom stereocenters. The van der Waals surface area contributed by atoms with Crippen LogP contribution < -0.4 is 27.0 Å². The Kier molecular flexibility index (Phi) is 11.3.